The molecular weight excluding hydrogens is 398 g/mol. The summed E-state index contributed by atoms with van der Waals surface area (Å²) in [5.41, 5.74) is 3.13. The van der Waals surface area contributed by atoms with Crippen molar-refractivity contribution in [3.8, 4) is 0 Å². The molecule has 0 fully saturated rings. The van der Waals surface area contributed by atoms with Crippen LogP contribution in [0.3, 0.4) is 0 Å². The van der Waals surface area contributed by atoms with E-state index in [0.29, 0.717) is 22.3 Å². The third kappa shape index (κ3) is 3.94. The van der Waals surface area contributed by atoms with Gasteiger partial charge in [0.1, 0.15) is 11.2 Å². The lowest BCUT2D eigenvalue weighted by molar-refractivity contribution is -0.142. The van der Waals surface area contributed by atoms with Crippen LogP contribution in [0.1, 0.15) is 34.7 Å². The molecule has 7 nitrogen and oxygen atoms in total. The van der Waals surface area contributed by atoms with Crippen molar-refractivity contribution < 1.29 is 23.5 Å². The molecule has 31 heavy (non-hydrogen) atoms. The zero-order chi connectivity index (χ0) is 22.1. The molecular formula is C24H21NO6. The van der Waals surface area contributed by atoms with Crippen LogP contribution >= 0.6 is 0 Å². The van der Waals surface area contributed by atoms with Crippen molar-refractivity contribution in [1.82, 2.24) is 5.32 Å². The zero-order valence-corrected chi connectivity index (χ0v) is 17.1. The molecule has 2 heterocycles. The van der Waals surface area contributed by atoms with Gasteiger partial charge in [0, 0.05) is 28.8 Å². The fourth-order valence-electron chi connectivity index (χ4n) is 3.73. The molecule has 0 spiro atoms. The molecule has 0 radical (unpaired) electrons. The fraction of sp³-hybridized carbons (Fsp3) is 0.208. The number of furan rings is 1. The Morgan fingerprint density at radius 1 is 1.06 bits per heavy atom. The third-order valence-electron chi connectivity index (χ3n) is 5.46. The number of rotatable bonds is 6. The van der Waals surface area contributed by atoms with E-state index >= 15 is 0 Å². The van der Waals surface area contributed by atoms with Gasteiger partial charge in [0.2, 0.25) is 5.91 Å². The molecule has 2 N–H and O–H groups in total. The summed E-state index contributed by atoms with van der Waals surface area (Å²) in [6.07, 6.45) is 1.74. The van der Waals surface area contributed by atoms with Gasteiger partial charge in [-0.1, -0.05) is 30.3 Å². The summed E-state index contributed by atoms with van der Waals surface area (Å²) in [7, 11) is 0. The van der Waals surface area contributed by atoms with Crippen molar-refractivity contribution in [3.63, 3.8) is 0 Å². The number of amides is 1. The van der Waals surface area contributed by atoms with Gasteiger partial charge in [0.25, 0.3) is 0 Å². The molecule has 0 saturated carbocycles. The van der Waals surface area contributed by atoms with Gasteiger partial charge >= 0.3 is 11.6 Å². The van der Waals surface area contributed by atoms with Crippen LogP contribution in [-0.2, 0) is 16.0 Å². The van der Waals surface area contributed by atoms with Gasteiger partial charge in [-0.25, -0.2) is 9.59 Å². The Balaban J connectivity index is 1.57. The van der Waals surface area contributed by atoms with Crippen molar-refractivity contribution in [2.24, 2.45) is 0 Å². The maximum atomic E-state index is 12.5. The van der Waals surface area contributed by atoms with E-state index in [0.717, 1.165) is 21.9 Å². The first-order valence-electron chi connectivity index (χ1n) is 9.86. The van der Waals surface area contributed by atoms with Crippen LogP contribution in [-0.4, -0.2) is 17.0 Å². The fourth-order valence-corrected chi connectivity index (χ4v) is 3.73. The van der Waals surface area contributed by atoms with Gasteiger partial charge in [-0.2, -0.15) is 0 Å². The zero-order valence-electron chi connectivity index (χ0n) is 17.1. The molecule has 0 bridgehead atoms. The highest BCUT2D eigenvalue weighted by Crippen LogP contribution is 2.29. The van der Waals surface area contributed by atoms with Crippen LogP contribution in [0.25, 0.3) is 21.9 Å². The summed E-state index contributed by atoms with van der Waals surface area (Å²) < 4.78 is 10.9. The largest absolute Gasteiger partial charge is 0.479 e. The first kappa shape index (κ1) is 20.4. The molecule has 2 aromatic carbocycles. The summed E-state index contributed by atoms with van der Waals surface area (Å²) in [6.45, 7) is 3.75. The van der Waals surface area contributed by atoms with Gasteiger partial charge in [-0.15, -0.1) is 0 Å². The number of fused-ring (bicyclic) bond motifs is 2. The maximum Gasteiger partial charge on any atom is 0.339 e. The number of carbonyl (C=O) groups is 2. The summed E-state index contributed by atoms with van der Waals surface area (Å²) in [6, 6.07) is 10.9. The Hall–Kier alpha value is -3.87. The monoisotopic (exact) mass is 419 g/mol. The Morgan fingerprint density at radius 3 is 2.52 bits per heavy atom. The lowest BCUT2D eigenvalue weighted by Crippen LogP contribution is -2.34. The van der Waals surface area contributed by atoms with Crippen LogP contribution in [0, 0.1) is 13.8 Å². The van der Waals surface area contributed by atoms with Crippen LogP contribution in [0.15, 0.2) is 62.4 Å². The van der Waals surface area contributed by atoms with E-state index in [2.05, 4.69) is 5.32 Å². The minimum atomic E-state index is -1.15. The number of aryl methyl sites for hydroxylation is 2. The van der Waals surface area contributed by atoms with Crippen LogP contribution < -0.4 is 10.9 Å². The minimum Gasteiger partial charge on any atom is -0.479 e. The van der Waals surface area contributed by atoms with E-state index in [-0.39, 0.29) is 12.8 Å². The summed E-state index contributed by atoms with van der Waals surface area (Å²) in [5.74, 6) is -1.61. The van der Waals surface area contributed by atoms with E-state index in [1.807, 2.05) is 19.9 Å². The smallest absolute Gasteiger partial charge is 0.339 e. The van der Waals surface area contributed by atoms with Crippen molar-refractivity contribution in [2.45, 2.75) is 32.7 Å². The molecule has 1 amide bonds. The third-order valence-corrected chi connectivity index (χ3v) is 5.46. The molecule has 7 heteroatoms. The Labute approximate surface area is 177 Å². The predicted molar refractivity (Wildman–Crippen MR) is 115 cm³/mol. The van der Waals surface area contributed by atoms with Crippen LogP contribution in [0.5, 0.6) is 0 Å². The summed E-state index contributed by atoms with van der Waals surface area (Å²) in [4.78, 5) is 36.6. The SMILES string of the molecule is Cc1coc2cc3oc(=O)c(CCC(=O)N[C@H](C(=O)O)c4ccccc4)c(C)c3cc12. The number of nitrogens with one attached hydrogen (secondary N) is 1. The molecule has 0 aliphatic heterocycles. The molecule has 1 atom stereocenters. The Bertz CT molecular complexity index is 1350. The van der Waals surface area contributed by atoms with E-state index < -0.39 is 23.5 Å². The van der Waals surface area contributed by atoms with Gasteiger partial charge in [0.05, 0.1) is 6.26 Å². The normalized spacial score (nSPS) is 12.2. The minimum absolute atomic E-state index is 0.0410. The standard InChI is InChI=1S/C24H21NO6/c1-13-12-30-19-11-20-18(10-17(13)19)14(2)16(24(29)31-20)8-9-21(26)25-22(23(27)28)15-6-4-3-5-7-15/h3-7,10-12,22H,8-9H2,1-2H3,(H,25,26)(H,27,28)/t22-/m0/s1. The highest BCUT2D eigenvalue weighted by molar-refractivity contribution is 5.96. The second kappa shape index (κ2) is 8.10. The predicted octanol–water partition coefficient (Wildman–Crippen LogP) is 4.03. The van der Waals surface area contributed by atoms with Crippen molar-refractivity contribution in [2.75, 3.05) is 0 Å². The van der Waals surface area contributed by atoms with Gasteiger partial charge in [0.15, 0.2) is 6.04 Å². The number of aliphatic carboxylic acids is 1. The number of hydrogen-bond acceptors (Lipinski definition) is 5. The topological polar surface area (TPSA) is 110 Å². The summed E-state index contributed by atoms with van der Waals surface area (Å²) in [5, 5.41) is 13.7. The first-order chi connectivity index (χ1) is 14.8. The number of carboxylic acid groups (broad SMARTS) is 1. The van der Waals surface area contributed by atoms with Crippen LogP contribution in [0.2, 0.25) is 0 Å². The van der Waals surface area contributed by atoms with E-state index in [9.17, 15) is 19.5 Å². The maximum absolute atomic E-state index is 12.5. The molecule has 2 aromatic heterocycles. The number of benzene rings is 2. The molecule has 0 saturated heterocycles. The highest BCUT2D eigenvalue weighted by Gasteiger charge is 2.22. The second-order valence-corrected chi connectivity index (χ2v) is 7.51. The molecule has 158 valence electrons. The lowest BCUT2D eigenvalue weighted by Gasteiger charge is -2.15. The van der Waals surface area contributed by atoms with E-state index in [1.165, 1.54) is 0 Å². The molecule has 0 unspecified atom stereocenters. The average molecular weight is 419 g/mol. The quantitative estimate of drug-likeness (QED) is 0.457. The number of carboxylic acids is 1. The Morgan fingerprint density at radius 2 is 1.81 bits per heavy atom. The van der Waals surface area contributed by atoms with E-state index in [4.69, 9.17) is 8.83 Å². The van der Waals surface area contributed by atoms with Crippen LogP contribution in [0.4, 0.5) is 0 Å². The molecule has 4 aromatic rings. The van der Waals surface area contributed by atoms with Gasteiger partial charge in [-0.3, -0.25) is 4.79 Å². The molecule has 0 aliphatic carbocycles. The van der Waals surface area contributed by atoms with Crippen molar-refractivity contribution >= 4 is 33.8 Å². The van der Waals surface area contributed by atoms with Gasteiger partial charge in [-0.05, 0) is 43.0 Å². The average Bonchev–Trinajstić information content (AvgIpc) is 3.11. The lowest BCUT2D eigenvalue weighted by atomic mass is 10.0. The summed E-state index contributed by atoms with van der Waals surface area (Å²) >= 11 is 0. The van der Waals surface area contributed by atoms with Crippen molar-refractivity contribution in [1.29, 1.82) is 0 Å². The Kier molecular flexibility index (Phi) is 5.33. The molecule has 0 aliphatic rings. The first-order valence-corrected chi connectivity index (χ1v) is 9.86. The van der Waals surface area contributed by atoms with E-state index in [1.54, 1.807) is 42.7 Å². The number of carbonyl (C=O) groups excluding carboxylic acids is 1. The number of hydrogen-bond donors (Lipinski definition) is 2. The van der Waals surface area contributed by atoms with Crippen molar-refractivity contribution in [3.05, 3.63) is 81.4 Å². The van der Waals surface area contributed by atoms with Gasteiger partial charge < -0.3 is 19.3 Å². The molecule has 4 rings (SSSR count). The highest BCUT2D eigenvalue weighted by atomic mass is 16.4. The second-order valence-electron chi connectivity index (χ2n) is 7.51.